The number of benzene rings is 2. The van der Waals surface area contributed by atoms with Crippen LogP contribution in [-0.2, 0) is 14.8 Å². The maximum Gasteiger partial charge on any atom is 0.245 e. The molecule has 7 nitrogen and oxygen atoms in total. The number of rotatable bonds is 7. The van der Waals surface area contributed by atoms with Gasteiger partial charge in [-0.25, -0.2) is 8.42 Å². The van der Waals surface area contributed by atoms with Crippen LogP contribution in [0.3, 0.4) is 0 Å². The molecule has 9 heteroatoms. The molecule has 2 aromatic carbocycles. The summed E-state index contributed by atoms with van der Waals surface area (Å²) in [7, 11) is -1.00. The van der Waals surface area contributed by atoms with Crippen molar-refractivity contribution in [2.45, 2.75) is 13.8 Å². The molecule has 0 aliphatic heterocycles. The summed E-state index contributed by atoms with van der Waals surface area (Å²) >= 11 is 6.09. The van der Waals surface area contributed by atoms with Crippen LogP contribution >= 0.6 is 11.6 Å². The number of nitrogens with zero attached hydrogens (tertiary/aromatic N) is 1. The monoisotopic (exact) mass is 426 g/mol. The minimum Gasteiger partial charge on any atom is -0.495 e. The van der Waals surface area contributed by atoms with Gasteiger partial charge in [0.2, 0.25) is 15.9 Å². The number of hydrogen-bond acceptors (Lipinski definition) is 5. The Labute approximate surface area is 170 Å². The summed E-state index contributed by atoms with van der Waals surface area (Å²) in [4.78, 5) is 12.6. The van der Waals surface area contributed by atoms with Crippen molar-refractivity contribution in [2.24, 2.45) is 0 Å². The molecule has 0 spiro atoms. The first-order valence-electron chi connectivity index (χ1n) is 8.33. The number of carbonyl (C=O) groups is 1. The second-order valence-electron chi connectivity index (χ2n) is 6.29. The Kier molecular flexibility index (Phi) is 6.79. The van der Waals surface area contributed by atoms with Gasteiger partial charge in [0.25, 0.3) is 0 Å². The number of sulfonamides is 1. The van der Waals surface area contributed by atoms with E-state index in [1.165, 1.54) is 26.4 Å². The summed E-state index contributed by atoms with van der Waals surface area (Å²) in [5, 5.41) is 3.02. The maximum atomic E-state index is 12.6. The molecule has 1 amide bonds. The molecule has 0 unspecified atom stereocenters. The minimum absolute atomic E-state index is 0.155. The summed E-state index contributed by atoms with van der Waals surface area (Å²) in [5.74, 6) is -0.0214. The predicted octanol–water partition coefficient (Wildman–Crippen LogP) is 3.38. The lowest BCUT2D eigenvalue weighted by Crippen LogP contribution is -2.37. The van der Waals surface area contributed by atoms with Crippen molar-refractivity contribution in [3.63, 3.8) is 0 Å². The van der Waals surface area contributed by atoms with E-state index in [9.17, 15) is 13.2 Å². The Morgan fingerprint density at radius 2 is 1.75 bits per heavy atom. The van der Waals surface area contributed by atoms with E-state index < -0.39 is 22.5 Å². The van der Waals surface area contributed by atoms with Crippen LogP contribution in [0.5, 0.6) is 11.5 Å². The van der Waals surface area contributed by atoms with Gasteiger partial charge in [-0.3, -0.25) is 9.10 Å². The first kappa shape index (κ1) is 21.8. The van der Waals surface area contributed by atoms with Crippen molar-refractivity contribution in [2.75, 3.05) is 36.6 Å². The Balaban J connectivity index is 2.40. The zero-order valence-corrected chi connectivity index (χ0v) is 17.9. The molecule has 1 N–H and O–H groups in total. The summed E-state index contributed by atoms with van der Waals surface area (Å²) in [6, 6.07) is 8.50. The number of amides is 1. The van der Waals surface area contributed by atoms with Crippen molar-refractivity contribution < 1.29 is 22.7 Å². The van der Waals surface area contributed by atoms with E-state index in [0.717, 1.165) is 21.7 Å². The second kappa shape index (κ2) is 8.70. The van der Waals surface area contributed by atoms with Crippen molar-refractivity contribution in [1.82, 2.24) is 0 Å². The second-order valence-corrected chi connectivity index (χ2v) is 8.61. The van der Waals surface area contributed by atoms with Gasteiger partial charge >= 0.3 is 0 Å². The van der Waals surface area contributed by atoms with Gasteiger partial charge in [-0.2, -0.15) is 0 Å². The topological polar surface area (TPSA) is 84.9 Å². The van der Waals surface area contributed by atoms with E-state index in [2.05, 4.69) is 5.32 Å². The number of methoxy groups -OCH3 is 2. The number of aryl methyl sites for hydroxylation is 2. The lowest BCUT2D eigenvalue weighted by molar-refractivity contribution is -0.114. The third-order valence-corrected chi connectivity index (χ3v) is 5.50. The zero-order chi connectivity index (χ0) is 21.1. The van der Waals surface area contributed by atoms with Crippen LogP contribution in [0.25, 0.3) is 0 Å². The van der Waals surface area contributed by atoms with E-state index in [-0.39, 0.29) is 22.2 Å². The van der Waals surface area contributed by atoms with Gasteiger partial charge in [-0.15, -0.1) is 0 Å². The molecule has 0 atom stereocenters. The van der Waals surface area contributed by atoms with E-state index in [4.69, 9.17) is 21.1 Å². The summed E-state index contributed by atoms with van der Waals surface area (Å²) in [6.07, 6.45) is 1.01. The van der Waals surface area contributed by atoms with Crippen LogP contribution < -0.4 is 19.1 Å². The number of hydrogen-bond donors (Lipinski definition) is 1. The fourth-order valence-electron chi connectivity index (χ4n) is 2.61. The fraction of sp³-hybridized carbons (Fsp3) is 0.316. The molecule has 0 fully saturated rings. The molecule has 2 aromatic rings. The van der Waals surface area contributed by atoms with Gasteiger partial charge in [0, 0.05) is 17.8 Å². The van der Waals surface area contributed by atoms with Gasteiger partial charge in [0.05, 0.1) is 31.2 Å². The Morgan fingerprint density at radius 3 is 2.32 bits per heavy atom. The number of anilines is 2. The number of nitrogens with one attached hydrogen (secondary N) is 1. The van der Waals surface area contributed by atoms with Crippen LogP contribution in [-0.4, -0.2) is 41.3 Å². The summed E-state index contributed by atoms with van der Waals surface area (Å²) < 4.78 is 36.2. The van der Waals surface area contributed by atoms with Crippen LogP contribution in [0.4, 0.5) is 11.4 Å². The Morgan fingerprint density at radius 1 is 1.11 bits per heavy atom. The van der Waals surface area contributed by atoms with Crippen LogP contribution in [0.2, 0.25) is 5.02 Å². The molecular weight excluding hydrogens is 404 g/mol. The molecule has 2 rings (SSSR count). The van der Waals surface area contributed by atoms with Gasteiger partial charge in [0.15, 0.2) is 0 Å². The normalized spacial score (nSPS) is 11.1. The maximum absolute atomic E-state index is 12.6. The number of carbonyl (C=O) groups excluding carboxylic acids is 1. The summed E-state index contributed by atoms with van der Waals surface area (Å²) in [6.45, 7) is 3.33. The van der Waals surface area contributed by atoms with E-state index in [1.807, 2.05) is 32.0 Å². The highest BCUT2D eigenvalue weighted by atomic mass is 35.5. The van der Waals surface area contributed by atoms with Gasteiger partial charge in [-0.05, 0) is 31.0 Å². The molecule has 0 aliphatic rings. The van der Waals surface area contributed by atoms with Crippen LogP contribution in [0, 0.1) is 13.8 Å². The quantitative estimate of drug-likeness (QED) is 0.733. The van der Waals surface area contributed by atoms with E-state index >= 15 is 0 Å². The molecule has 0 aliphatic carbocycles. The van der Waals surface area contributed by atoms with Crippen LogP contribution in [0.1, 0.15) is 11.1 Å². The van der Waals surface area contributed by atoms with Crippen molar-refractivity contribution >= 4 is 38.9 Å². The van der Waals surface area contributed by atoms with Crippen molar-refractivity contribution in [1.29, 1.82) is 0 Å². The molecule has 0 bridgehead atoms. The molecular formula is C19H23ClN2O5S. The van der Waals surface area contributed by atoms with Gasteiger partial charge < -0.3 is 14.8 Å². The minimum atomic E-state index is -3.80. The largest absolute Gasteiger partial charge is 0.495 e. The van der Waals surface area contributed by atoms with Crippen LogP contribution in [0.15, 0.2) is 30.3 Å². The molecule has 0 heterocycles. The lowest BCUT2D eigenvalue weighted by Gasteiger charge is -2.24. The highest BCUT2D eigenvalue weighted by Crippen LogP contribution is 2.39. The highest BCUT2D eigenvalue weighted by Gasteiger charge is 2.26. The Bertz CT molecular complexity index is 992. The first-order chi connectivity index (χ1) is 13.1. The molecule has 0 aromatic heterocycles. The molecule has 152 valence electrons. The zero-order valence-electron chi connectivity index (χ0n) is 16.4. The van der Waals surface area contributed by atoms with E-state index in [0.29, 0.717) is 5.69 Å². The van der Waals surface area contributed by atoms with Gasteiger partial charge in [-0.1, -0.05) is 23.7 Å². The smallest absolute Gasteiger partial charge is 0.245 e. The van der Waals surface area contributed by atoms with Gasteiger partial charge in [0.1, 0.15) is 18.0 Å². The standard InChI is InChI=1S/C19H23ClN2O5S/c1-12-6-7-13(2)15(8-12)21-19(23)11-22(28(5,24)25)16-10-17(26-3)14(20)9-18(16)27-4/h6-10H,11H2,1-5H3,(H,21,23). The summed E-state index contributed by atoms with van der Waals surface area (Å²) in [5.41, 5.74) is 2.63. The number of halogens is 1. The Hall–Kier alpha value is -2.45. The van der Waals surface area contributed by atoms with Crippen molar-refractivity contribution in [3.05, 3.63) is 46.5 Å². The predicted molar refractivity (Wildman–Crippen MR) is 111 cm³/mol. The average Bonchev–Trinajstić information content (AvgIpc) is 2.61. The molecule has 0 radical (unpaired) electrons. The molecule has 28 heavy (non-hydrogen) atoms. The average molecular weight is 427 g/mol. The SMILES string of the molecule is COc1cc(N(CC(=O)Nc2cc(C)ccc2C)S(C)(=O)=O)c(OC)cc1Cl. The fourth-order valence-corrected chi connectivity index (χ4v) is 3.69. The lowest BCUT2D eigenvalue weighted by atomic mass is 10.1. The van der Waals surface area contributed by atoms with E-state index in [1.54, 1.807) is 0 Å². The molecule has 0 saturated heterocycles. The third kappa shape index (κ3) is 5.08. The molecule has 0 saturated carbocycles. The number of ether oxygens (including phenoxy) is 2. The van der Waals surface area contributed by atoms with Crippen molar-refractivity contribution in [3.8, 4) is 11.5 Å². The first-order valence-corrected chi connectivity index (χ1v) is 10.6. The third-order valence-electron chi connectivity index (χ3n) is 4.08. The highest BCUT2D eigenvalue weighted by molar-refractivity contribution is 7.92.